The van der Waals surface area contributed by atoms with Crippen LogP contribution in [0.4, 0.5) is 11.5 Å². The molecule has 0 aliphatic carbocycles. The Hall–Kier alpha value is -3.38. The van der Waals surface area contributed by atoms with Gasteiger partial charge in [-0.05, 0) is 19.1 Å². The van der Waals surface area contributed by atoms with Gasteiger partial charge in [0.05, 0.1) is 37.8 Å². The van der Waals surface area contributed by atoms with E-state index in [1.807, 2.05) is 25.1 Å². The van der Waals surface area contributed by atoms with Crippen LogP contribution < -0.4 is 20.3 Å². The second-order valence-electron chi connectivity index (χ2n) is 9.15. The summed E-state index contributed by atoms with van der Waals surface area (Å²) >= 11 is 1.58. The summed E-state index contributed by atoms with van der Waals surface area (Å²) in [5.74, 6) is 0.744. The minimum atomic E-state index is -0.416. The molecule has 1 fully saturated rings. The number of hydrogen-bond acceptors (Lipinski definition) is 9. The number of nitrogens with zero attached hydrogens (tertiary/aromatic N) is 5. The van der Waals surface area contributed by atoms with Gasteiger partial charge in [-0.2, -0.15) is 5.10 Å². The van der Waals surface area contributed by atoms with Gasteiger partial charge in [0, 0.05) is 49.7 Å². The summed E-state index contributed by atoms with van der Waals surface area (Å²) in [6, 6.07) is 7.30. The maximum atomic E-state index is 12.9. The van der Waals surface area contributed by atoms with Crippen LogP contribution in [0, 0.1) is 5.92 Å². The number of hydrogen-bond donors (Lipinski definition) is 2. The molecule has 1 aromatic carbocycles. The van der Waals surface area contributed by atoms with Crippen molar-refractivity contribution in [2.45, 2.75) is 44.1 Å². The molecule has 0 spiro atoms. The zero-order valence-electron chi connectivity index (χ0n) is 22.3. The lowest BCUT2D eigenvalue weighted by Crippen LogP contribution is -2.35. The molecule has 0 saturated carbocycles. The zero-order valence-corrected chi connectivity index (χ0v) is 23.1. The van der Waals surface area contributed by atoms with E-state index in [1.54, 1.807) is 40.7 Å². The van der Waals surface area contributed by atoms with Crippen LogP contribution in [-0.2, 0) is 20.9 Å². The van der Waals surface area contributed by atoms with E-state index in [-0.39, 0.29) is 18.2 Å². The average molecular weight is 542 g/mol. The van der Waals surface area contributed by atoms with Crippen LogP contribution in [0.15, 0.2) is 35.6 Å². The fourth-order valence-electron chi connectivity index (χ4n) is 4.22. The standard InChI is InChI=1S/C26H35N7O4S/c1-5-37-12-10-27-23-21-15-29-33(24(21)31-26(30-23)38-17(2)3)11-9-28-25(35)18-13-22(34)32(16-18)19-7-6-8-20(14-19)36-4/h6-8,14-15,17-18H,5,9-13,16H2,1-4H3,(H,28,35)(H,27,30,31). The third kappa shape index (κ3) is 6.73. The molecule has 4 rings (SSSR count). The van der Waals surface area contributed by atoms with E-state index in [4.69, 9.17) is 14.5 Å². The number of benzene rings is 1. The maximum Gasteiger partial charge on any atom is 0.227 e. The number of ether oxygens (including phenoxy) is 2. The number of aromatic nitrogens is 4. The summed E-state index contributed by atoms with van der Waals surface area (Å²) in [4.78, 5) is 36.5. The van der Waals surface area contributed by atoms with Gasteiger partial charge in [-0.25, -0.2) is 14.6 Å². The number of anilines is 2. The Morgan fingerprint density at radius 3 is 2.87 bits per heavy atom. The molecule has 3 heterocycles. The van der Waals surface area contributed by atoms with Crippen molar-refractivity contribution in [1.29, 1.82) is 0 Å². The van der Waals surface area contributed by atoms with Crippen molar-refractivity contribution >= 4 is 46.1 Å². The molecular formula is C26H35N7O4S. The number of rotatable bonds is 13. The van der Waals surface area contributed by atoms with Crippen LogP contribution in [0.5, 0.6) is 5.75 Å². The van der Waals surface area contributed by atoms with Gasteiger partial charge in [0.2, 0.25) is 11.8 Å². The highest BCUT2D eigenvalue weighted by Crippen LogP contribution is 2.28. The maximum absolute atomic E-state index is 12.9. The Labute approximate surface area is 226 Å². The molecule has 1 unspecified atom stereocenters. The molecule has 38 heavy (non-hydrogen) atoms. The van der Waals surface area contributed by atoms with Crippen molar-refractivity contribution in [1.82, 2.24) is 25.1 Å². The highest BCUT2D eigenvalue weighted by molar-refractivity contribution is 7.99. The summed E-state index contributed by atoms with van der Waals surface area (Å²) in [7, 11) is 1.58. The smallest absolute Gasteiger partial charge is 0.227 e. The Morgan fingerprint density at radius 1 is 1.26 bits per heavy atom. The number of amides is 2. The molecule has 3 aromatic rings. The molecule has 1 atom stereocenters. The van der Waals surface area contributed by atoms with Gasteiger partial charge in [0.15, 0.2) is 10.8 Å². The van der Waals surface area contributed by atoms with Crippen molar-refractivity contribution in [3.8, 4) is 5.75 Å². The van der Waals surface area contributed by atoms with Gasteiger partial charge in [-0.1, -0.05) is 31.7 Å². The van der Waals surface area contributed by atoms with E-state index in [9.17, 15) is 9.59 Å². The lowest BCUT2D eigenvalue weighted by molar-refractivity contribution is -0.126. The van der Waals surface area contributed by atoms with Crippen molar-refractivity contribution in [2.75, 3.05) is 50.2 Å². The first-order valence-corrected chi connectivity index (χ1v) is 13.7. The first-order valence-electron chi connectivity index (χ1n) is 12.8. The van der Waals surface area contributed by atoms with Crippen LogP contribution >= 0.6 is 11.8 Å². The van der Waals surface area contributed by atoms with Gasteiger partial charge in [-0.15, -0.1) is 0 Å². The third-order valence-corrected chi connectivity index (χ3v) is 6.91. The monoisotopic (exact) mass is 541 g/mol. The van der Waals surface area contributed by atoms with E-state index in [2.05, 4.69) is 34.6 Å². The molecule has 12 heteroatoms. The Bertz CT molecular complexity index is 1270. The first-order chi connectivity index (χ1) is 18.4. The van der Waals surface area contributed by atoms with Crippen LogP contribution in [0.1, 0.15) is 27.2 Å². The van der Waals surface area contributed by atoms with E-state index < -0.39 is 5.92 Å². The molecule has 1 aliphatic heterocycles. The summed E-state index contributed by atoms with van der Waals surface area (Å²) in [5.41, 5.74) is 1.43. The predicted octanol–water partition coefficient (Wildman–Crippen LogP) is 2.95. The van der Waals surface area contributed by atoms with Crippen LogP contribution in [0.2, 0.25) is 0 Å². The van der Waals surface area contributed by atoms with Crippen molar-refractivity contribution < 1.29 is 19.1 Å². The Morgan fingerprint density at radius 2 is 2.11 bits per heavy atom. The van der Waals surface area contributed by atoms with E-state index in [1.165, 1.54) is 0 Å². The lowest BCUT2D eigenvalue weighted by atomic mass is 10.1. The Balaban J connectivity index is 1.39. The number of carbonyl (C=O) groups is 2. The number of methoxy groups -OCH3 is 1. The van der Waals surface area contributed by atoms with Crippen LogP contribution in [0.25, 0.3) is 11.0 Å². The van der Waals surface area contributed by atoms with Crippen molar-refractivity contribution in [3.05, 3.63) is 30.5 Å². The second-order valence-corrected chi connectivity index (χ2v) is 10.7. The normalized spacial score (nSPS) is 15.4. The largest absolute Gasteiger partial charge is 0.497 e. The molecule has 1 aliphatic rings. The molecule has 2 aromatic heterocycles. The number of nitrogens with one attached hydrogen (secondary N) is 2. The molecule has 0 radical (unpaired) electrons. The number of fused-ring (bicyclic) bond motifs is 1. The highest BCUT2D eigenvalue weighted by atomic mass is 32.2. The summed E-state index contributed by atoms with van der Waals surface area (Å²) < 4.78 is 12.5. The van der Waals surface area contributed by atoms with E-state index >= 15 is 0 Å². The average Bonchev–Trinajstić information content (AvgIpc) is 3.49. The fourth-order valence-corrected chi connectivity index (χ4v) is 4.93. The lowest BCUT2D eigenvalue weighted by Gasteiger charge is -2.17. The zero-order chi connectivity index (χ0) is 27.1. The quantitative estimate of drug-likeness (QED) is 0.191. The topological polar surface area (TPSA) is 124 Å². The molecule has 11 nitrogen and oxygen atoms in total. The molecule has 2 N–H and O–H groups in total. The summed E-state index contributed by atoms with van der Waals surface area (Å²) in [6.45, 7) is 9.15. The van der Waals surface area contributed by atoms with Crippen LogP contribution in [0.3, 0.4) is 0 Å². The van der Waals surface area contributed by atoms with Gasteiger partial charge in [0.1, 0.15) is 11.6 Å². The molecule has 2 amide bonds. The van der Waals surface area contributed by atoms with Gasteiger partial charge >= 0.3 is 0 Å². The minimum absolute atomic E-state index is 0.0762. The minimum Gasteiger partial charge on any atom is -0.497 e. The summed E-state index contributed by atoms with van der Waals surface area (Å²) in [6.07, 6.45) is 1.92. The summed E-state index contributed by atoms with van der Waals surface area (Å²) in [5, 5.41) is 12.6. The fraction of sp³-hybridized carbons (Fsp3) is 0.500. The SMILES string of the molecule is CCOCCNc1nc(SC(C)C)nc2c1cnn2CCNC(=O)C1CC(=O)N(c2cccc(OC)c2)C1. The molecule has 0 bridgehead atoms. The third-order valence-electron chi connectivity index (χ3n) is 6.04. The van der Waals surface area contributed by atoms with Gasteiger partial charge in [-0.3, -0.25) is 9.59 Å². The van der Waals surface area contributed by atoms with Crippen molar-refractivity contribution in [3.63, 3.8) is 0 Å². The molecule has 204 valence electrons. The van der Waals surface area contributed by atoms with Crippen LogP contribution in [-0.4, -0.2) is 76.8 Å². The second kappa shape index (κ2) is 12.9. The number of carbonyl (C=O) groups excluding carboxylic acids is 2. The predicted molar refractivity (Wildman–Crippen MR) is 148 cm³/mol. The first kappa shape index (κ1) is 27.6. The van der Waals surface area contributed by atoms with Gasteiger partial charge in [0.25, 0.3) is 0 Å². The molecule has 1 saturated heterocycles. The van der Waals surface area contributed by atoms with E-state index in [0.717, 1.165) is 16.9 Å². The van der Waals surface area contributed by atoms with Gasteiger partial charge < -0.3 is 25.0 Å². The molecular weight excluding hydrogens is 506 g/mol. The van der Waals surface area contributed by atoms with Crippen molar-refractivity contribution in [2.24, 2.45) is 5.92 Å². The number of thioether (sulfide) groups is 1. The highest BCUT2D eigenvalue weighted by Gasteiger charge is 2.35. The Kier molecular flexibility index (Phi) is 9.40. The van der Waals surface area contributed by atoms with E-state index in [0.29, 0.717) is 61.2 Å².